The Hall–Kier alpha value is -3.87. The van der Waals surface area contributed by atoms with E-state index >= 15 is 0 Å². The summed E-state index contributed by atoms with van der Waals surface area (Å²) < 4.78 is 11.4. The third-order valence-electron chi connectivity index (χ3n) is 4.81. The fourth-order valence-electron chi connectivity index (χ4n) is 3.05. The van der Waals surface area contributed by atoms with Crippen LogP contribution in [0.4, 0.5) is 5.69 Å². The van der Waals surface area contributed by atoms with Gasteiger partial charge >= 0.3 is 0 Å². The molecule has 0 atom stereocenters. The lowest BCUT2D eigenvalue weighted by molar-refractivity contribution is -0.384. The summed E-state index contributed by atoms with van der Waals surface area (Å²) in [6.07, 6.45) is 1.42. The molecule has 0 aliphatic rings. The van der Waals surface area contributed by atoms with Gasteiger partial charge in [0.2, 0.25) is 0 Å². The number of halogens is 2. The van der Waals surface area contributed by atoms with Crippen molar-refractivity contribution < 1.29 is 19.2 Å². The van der Waals surface area contributed by atoms with Crippen LogP contribution in [-0.2, 0) is 17.9 Å². The molecule has 0 heterocycles. The zero-order valence-corrected chi connectivity index (χ0v) is 20.8. The van der Waals surface area contributed by atoms with Gasteiger partial charge in [-0.25, -0.2) is 0 Å². The van der Waals surface area contributed by atoms with Crippen LogP contribution in [0.15, 0.2) is 70.7 Å². The van der Waals surface area contributed by atoms with Crippen LogP contribution in [-0.4, -0.2) is 17.9 Å². The van der Waals surface area contributed by atoms with E-state index < -0.39 is 10.8 Å². The fourth-order valence-corrected chi connectivity index (χ4v) is 4.04. The molecule has 1 N–H and O–H groups in total. The summed E-state index contributed by atoms with van der Waals surface area (Å²) >= 11 is 9.76. The topological polar surface area (TPSA) is 114 Å². The highest BCUT2D eigenvalue weighted by atomic mass is 79.9. The molecule has 35 heavy (non-hydrogen) atoms. The van der Waals surface area contributed by atoms with Gasteiger partial charge in [-0.15, -0.1) is 0 Å². The summed E-state index contributed by atoms with van der Waals surface area (Å²) in [7, 11) is 1.57. The van der Waals surface area contributed by atoms with E-state index in [4.69, 9.17) is 21.1 Å². The number of nitrogens with zero attached hydrogens (tertiary/aromatic N) is 2. The number of benzene rings is 3. The minimum atomic E-state index is -0.526. The molecule has 0 aromatic heterocycles. The van der Waals surface area contributed by atoms with Crippen molar-refractivity contribution in [3.8, 4) is 17.6 Å². The van der Waals surface area contributed by atoms with Gasteiger partial charge in [0.1, 0.15) is 24.0 Å². The van der Waals surface area contributed by atoms with Crippen LogP contribution in [0.25, 0.3) is 6.08 Å². The number of methoxy groups -OCH3 is 1. The van der Waals surface area contributed by atoms with Gasteiger partial charge in [0.25, 0.3) is 11.6 Å². The smallest absolute Gasteiger partial charge is 0.269 e. The average Bonchev–Trinajstić information content (AvgIpc) is 2.85. The molecule has 3 aromatic rings. The van der Waals surface area contributed by atoms with Crippen LogP contribution in [0, 0.1) is 21.4 Å². The third kappa shape index (κ3) is 7.06. The molecule has 0 aliphatic carbocycles. The number of nitro benzene ring substituents is 1. The molecular weight excluding hydrogens is 538 g/mol. The van der Waals surface area contributed by atoms with Gasteiger partial charge < -0.3 is 14.8 Å². The van der Waals surface area contributed by atoms with E-state index in [1.807, 2.05) is 18.2 Å². The molecule has 0 saturated carbocycles. The largest absolute Gasteiger partial charge is 0.497 e. The molecule has 178 valence electrons. The van der Waals surface area contributed by atoms with E-state index in [1.54, 1.807) is 43.5 Å². The SMILES string of the molecule is COc1ccc(CNC(=O)/C(C#N)=C\c2cc(Cl)c(OCc3cccc([N+](=O)[O-])c3)c(Br)c2)cc1. The number of nitriles is 1. The Morgan fingerprint density at radius 2 is 1.94 bits per heavy atom. The summed E-state index contributed by atoms with van der Waals surface area (Å²) in [5, 5.41) is 23.4. The molecule has 8 nitrogen and oxygen atoms in total. The standard InChI is InChI=1S/C25H19BrClN3O5/c1-34-21-7-5-16(6-8-21)14-29-25(31)19(13-28)9-18-11-22(26)24(23(27)12-18)35-15-17-3-2-4-20(10-17)30(32)33/h2-12H,14-15H2,1H3,(H,29,31)/b19-9-. The Kier molecular flexibility index (Phi) is 8.84. The first-order chi connectivity index (χ1) is 16.8. The number of rotatable bonds is 9. The van der Waals surface area contributed by atoms with Crippen LogP contribution in [0.2, 0.25) is 5.02 Å². The predicted molar refractivity (Wildman–Crippen MR) is 135 cm³/mol. The van der Waals surface area contributed by atoms with E-state index in [9.17, 15) is 20.2 Å². The zero-order valence-electron chi connectivity index (χ0n) is 18.5. The maximum Gasteiger partial charge on any atom is 0.269 e. The highest BCUT2D eigenvalue weighted by Gasteiger charge is 2.13. The maximum atomic E-state index is 12.5. The highest BCUT2D eigenvalue weighted by molar-refractivity contribution is 9.10. The summed E-state index contributed by atoms with van der Waals surface area (Å²) in [6.45, 7) is 0.309. The van der Waals surface area contributed by atoms with Gasteiger partial charge in [-0.1, -0.05) is 35.9 Å². The number of carbonyl (C=O) groups excluding carboxylic acids is 1. The lowest BCUT2D eigenvalue weighted by atomic mass is 10.1. The Balaban J connectivity index is 1.69. The third-order valence-corrected chi connectivity index (χ3v) is 5.68. The molecule has 0 aliphatic heterocycles. The normalized spacial score (nSPS) is 10.9. The van der Waals surface area contributed by atoms with Gasteiger partial charge in [0.05, 0.1) is 21.5 Å². The maximum absolute atomic E-state index is 12.5. The predicted octanol–water partition coefficient (Wildman–Crippen LogP) is 5.82. The number of carbonyl (C=O) groups is 1. The Bertz CT molecular complexity index is 1300. The van der Waals surface area contributed by atoms with Gasteiger partial charge in [-0.05, 0) is 63.0 Å². The van der Waals surface area contributed by atoms with Gasteiger partial charge in [-0.3, -0.25) is 14.9 Å². The van der Waals surface area contributed by atoms with Crippen molar-refractivity contribution >= 4 is 45.2 Å². The Morgan fingerprint density at radius 3 is 2.57 bits per heavy atom. The van der Waals surface area contributed by atoms with Crippen molar-refractivity contribution in [3.05, 3.63) is 103 Å². The van der Waals surface area contributed by atoms with Crippen LogP contribution in [0.1, 0.15) is 16.7 Å². The molecule has 10 heteroatoms. The number of non-ortho nitro benzene ring substituents is 1. The minimum Gasteiger partial charge on any atom is -0.497 e. The second kappa shape index (κ2) is 12.0. The van der Waals surface area contributed by atoms with E-state index in [0.717, 1.165) is 5.56 Å². The van der Waals surface area contributed by atoms with Gasteiger partial charge in [0.15, 0.2) is 5.75 Å². The molecule has 0 fully saturated rings. The summed E-state index contributed by atoms with van der Waals surface area (Å²) in [5.74, 6) is 0.511. The first-order valence-corrected chi connectivity index (χ1v) is 11.4. The molecule has 1 amide bonds. The lowest BCUT2D eigenvalue weighted by Crippen LogP contribution is -2.23. The monoisotopic (exact) mass is 555 g/mol. The van der Waals surface area contributed by atoms with E-state index in [0.29, 0.717) is 27.1 Å². The van der Waals surface area contributed by atoms with Crippen LogP contribution in [0.5, 0.6) is 11.5 Å². The van der Waals surface area contributed by atoms with E-state index in [-0.39, 0.29) is 29.4 Å². The fraction of sp³-hybridized carbons (Fsp3) is 0.120. The number of nitro groups is 1. The number of hydrogen-bond acceptors (Lipinski definition) is 6. The first-order valence-electron chi connectivity index (χ1n) is 10.2. The molecule has 0 bridgehead atoms. The molecule has 0 unspecified atom stereocenters. The van der Waals surface area contributed by atoms with Crippen LogP contribution >= 0.6 is 27.5 Å². The number of nitrogens with one attached hydrogen (secondary N) is 1. The quantitative estimate of drug-likeness (QED) is 0.154. The molecule has 0 saturated heterocycles. The minimum absolute atomic E-state index is 0.0361. The highest BCUT2D eigenvalue weighted by Crippen LogP contribution is 2.36. The van der Waals surface area contributed by atoms with Crippen LogP contribution in [0.3, 0.4) is 0 Å². The van der Waals surface area contributed by atoms with Crippen molar-refractivity contribution in [2.75, 3.05) is 7.11 Å². The average molecular weight is 557 g/mol. The van der Waals surface area contributed by atoms with Crippen molar-refractivity contribution in [2.45, 2.75) is 13.2 Å². The van der Waals surface area contributed by atoms with Crippen molar-refractivity contribution in [3.63, 3.8) is 0 Å². The Morgan fingerprint density at radius 1 is 1.20 bits per heavy atom. The Labute approximate surface area is 215 Å². The van der Waals surface area contributed by atoms with E-state index in [2.05, 4.69) is 21.2 Å². The number of ether oxygens (including phenoxy) is 2. The second-order valence-electron chi connectivity index (χ2n) is 7.23. The molecule has 3 aromatic carbocycles. The first kappa shape index (κ1) is 25.7. The molecule has 0 spiro atoms. The molecule has 3 rings (SSSR count). The van der Waals surface area contributed by atoms with E-state index in [1.165, 1.54) is 18.2 Å². The molecule has 0 radical (unpaired) electrons. The van der Waals surface area contributed by atoms with Gasteiger partial charge in [-0.2, -0.15) is 5.26 Å². The van der Waals surface area contributed by atoms with Crippen molar-refractivity contribution in [1.82, 2.24) is 5.32 Å². The summed E-state index contributed by atoms with van der Waals surface area (Å²) in [5.41, 5.74) is 1.84. The number of amides is 1. The number of hydrogen-bond donors (Lipinski definition) is 1. The van der Waals surface area contributed by atoms with Gasteiger partial charge in [0, 0.05) is 18.7 Å². The lowest BCUT2D eigenvalue weighted by Gasteiger charge is -2.11. The van der Waals surface area contributed by atoms with Crippen molar-refractivity contribution in [2.24, 2.45) is 0 Å². The van der Waals surface area contributed by atoms with Crippen molar-refractivity contribution in [1.29, 1.82) is 5.26 Å². The molecular formula is C25H19BrClN3O5. The summed E-state index contributed by atoms with van der Waals surface area (Å²) in [4.78, 5) is 23.0. The van der Waals surface area contributed by atoms with Crippen LogP contribution < -0.4 is 14.8 Å². The second-order valence-corrected chi connectivity index (χ2v) is 8.49. The summed E-state index contributed by atoms with van der Waals surface area (Å²) in [6, 6.07) is 18.4. The zero-order chi connectivity index (χ0) is 25.4.